The molecule has 0 spiro atoms. The van der Waals surface area contributed by atoms with Crippen molar-refractivity contribution in [2.24, 2.45) is 5.92 Å². The molecule has 2 unspecified atom stereocenters. The highest BCUT2D eigenvalue weighted by molar-refractivity contribution is 5.82. The Morgan fingerprint density at radius 2 is 1.58 bits per heavy atom. The van der Waals surface area contributed by atoms with Gasteiger partial charge in [-0.05, 0) is 66.7 Å². The molecule has 150 valence electrons. The number of ether oxygens (including phenoxy) is 3. The van der Waals surface area contributed by atoms with E-state index in [1.807, 2.05) is 39.5 Å². The molecule has 0 aromatic carbocycles. The number of nitrogens with zero attached hydrogens (tertiary/aromatic N) is 1. The van der Waals surface area contributed by atoms with Crippen LogP contribution in [-0.4, -0.2) is 54.0 Å². The van der Waals surface area contributed by atoms with Crippen molar-refractivity contribution in [3.63, 3.8) is 0 Å². The number of hydrogen-bond acceptors (Lipinski definition) is 5. The van der Waals surface area contributed by atoms with Crippen molar-refractivity contribution >= 4 is 11.9 Å². The van der Waals surface area contributed by atoms with E-state index in [0.29, 0.717) is 13.2 Å². The molecule has 26 heavy (non-hydrogen) atoms. The largest absolute Gasteiger partial charge is 0.444 e. The number of carbonyl (C=O) groups excluding carboxylic acids is 2. The number of fused-ring (bicyclic) bond motifs is 2. The summed E-state index contributed by atoms with van der Waals surface area (Å²) < 4.78 is 16.6. The number of amides is 1. The number of Topliss-reactive ketones (excluding diaryl/α,β-unsaturated/α-hetero) is 1. The van der Waals surface area contributed by atoms with Crippen LogP contribution in [0.5, 0.6) is 0 Å². The lowest BCUT2D eigenvalue weighted by molar-refractivity contribution is -0.156. The van der Waals surface area contributed by atoms with E-state index in [2.05, 4.69) is 0 Å². The van der Waals surface area contributed by atoms with Crippen molar-refractivity contribution < 1.29 is 23.8 Å². The van der Waals surface area contributed by atoms with Gasteiger partial charge in [0.2, 0.25) is 0 Å². The molecule has 1 amide bonds. The fraction of sp³-hybridized carbons (Fsp3) is 0.900. The SMILES string of the molecule is CCOC(CC(=O)C1CC2CCCC(C1)N2C(=O)OC(C)(C)C)OCC. The van der Waals surface area contributed by atoms with Crippen molar-refractivity contribution in [3.8, 4) is 0 Å². The highest BCUT2D eigenvalue weighted by Crippen LogP contribution is 2.38. The molecule has 2 bridgehead atoms. The van der Waals surface area contributed by atoms with Crippen LogP contribution in [0, 0.1) is 5.92 Å². The molecular formula is C20H35NO5. The molecule has 6 nitrogen and oxygen atoms in total. The highest BCUT2D eigenvalue weighted by atomic mass is 16.7. The second kappa shape index (κ2) is 9.18. The summed E-state index contributed by atoms with van der Waals surface area (Å²) in [4.78, 5) is 27.3. The van der Waals surface area contributed by atoms with E-state index in [9.17, 15) is 9.59 Å². The first kappa shape index (κ1) is 21.2. The lowest BCUT2D eigenvalue weighted by Crippen LogP contribution is -2.56. The van der Waals surface area contributed by atoms with Gasteiger partial charge in [-0.15, -0.1) is 0 Å². The van der Waals surface area contributed by atoms with Gasteiger partial charge in [0.15, 0.2) is 6.29 Å². The summed E-state index contributed by atoms with van der Waals surface area (Å²) in [5, 5.41) is 0. The molecule has 0 aliphatic carbocycles. The van der Waals surface area contributed by atoms with Crippen molar-refractivity contribution in [1.29, 1.82) is 0 Å². The lowest BCUT2D eigenvalue weighted by atomic mass is 9.76. The first-order valence-electron chi connectivity index (χ1n) is 10.0. The maximum absolute atomic E-state index is 12.8. The highest BCUT2D eigenvalue weighted by Gasteiger charge is 2.44. The van der Waals surface area contributed by atoms with Crippen LogP contribution in [0.4, 0.5) is 4.79 Å². The van der Waals surface area contributed by atoms with Crippen molar-refractivity contribution in [3.05, 3.63) is 0 Å². The number of piperidine rings is 2. The summed E-state index contributed by atoms with van der Waals surface area (Å²) in [5.74, 6) is 0.171. The van der Waals surface area contributed by atoms with Gasteiger partial charge in [0, 0.05) is 31.2 Å². The minimum atomic E-state index is -0.500. The molecule has 2 aliphatic rings. The number of hydrogen-bond donors (Lipinski definition) is 0. The van der Waals surface area contributed by atoms with E-state index in [-0.39, 0.29) is 36.3 Å². The van der Waals surface area contributed by atoms with Gasteiger partial charge in [-0.25, -0.2) is 4.79 Å². The van der Waals surface area contributed by atoms with Crippen molar-refractivity contribution in [1.82, 2.24) is 4.90 Å². The smallest absolute Gasteiger partial charge is 0.410 e. The second-order valence-electron chi connectivity index (χ2n) is 8.31. The Hall–Kier alpha value is -1.14. The Kier molecular flexibility index (Phi) is 7.47. The van der Waals surface area contributed by atoms with Crippen LogP contribution in [0.25, 0.3) is 0 Å². The van der Waals surface area contributed by atoms with Crippen LogP contribution in [-0.2, 0) is 19.0 Å². The van der Waals surface area contributed by atoms with Gasteiger partial charge in [-0.3, -0.25) is 4.79 Å². The second-order valence-corrected chi connectivity index (χ2v) is 8.31. The fourth-order valence-electron chi connectivity index (χ4n) is 4.13. The predicted octanol–water partition coefficient (Wildman–Crippen LogP) is 3.91. The Balaban J connectivity index is 2.00. The molecule has 2 rings (SSSR count). The Labute approximate surface area is 157 Å². The molecule has 0 aromatic rings. The van der Waals surface area contributed by atoms with Gasteiger partial charge in [0.25, 0.3) is 0 Å². The number of ketones is 1. The van der Waals surface area contributed by atoms with Crippen LogP contribution in [0.15, 0.2) is 0 Å². The summed E-state index contributed by atoms with van der Waals surface area (Å²) in [6.45, 7) is 10.5. The van der Waals surface area contributed by atoms with Gasteiger partial charge >= 0.3 is 6.09 Å². The zero-order valence-electron chi connectivity index (χ0n) is 17.0. The zero-order valence-corrected chi connectivity index (χ0v) is 17.0. The van der Waals surface area contributed by atoms with Gasteiger partial charge in [-0.1, -0.05) is 0 Å². The van der Waals surface area contributed by atoms with Crippen LogP contribution in [0.3, 0.4) is 0 Å². The average Bonchev–Trinajstić information content (AvgIpc) is 2.52. The molecule has 0 N–H and O–H groups in total. The molecule has 0 saturated carbocycles. The summed E-state index contributed by atoms with van der Waals surface area (Å²) in [7, 11) is 0. The first-order chi connectivity index (χ1) is 12.2. The summed E-state index contributed by atoms with van der Waals surface area (Å²) in [6.07, 6.45) is 4.04. The van der Waals surface area contributed by atoms with Crippen LogP contribution >= 0.6 is 0 Å². The molecule has 2 aliphatic heterocycles. The van der Waals surface area contributed by atoms with E-state index in [1.54, 1.807) is 0 Å². The van der Waals surface area contributed by atoms with Crippen LogP contribution < -0.4 is 0 Å². The van der Waals surface area contributed by atoms with Gasteiger partial charge in [0.1, 0.15) is 11.4 Å². The van der Waals surface area contributed by atoms with Crippen LogP contribution in [0.1, 0.15) is 73.1 Å². The topological polar surface area (TPSA) is 65.1 Å². The molecule has 6 heteroatoms. The summed E-state index contributed by atoms with van der Waals surface area (Å²) >= 11 is 0. The van der Waals surface area contributed by atoms with E-state index in [1.165, 1.54) is 0 Å². The average molecular weight is 370 g/mol. The van der Waals surface area contributed by atoms with E-state index in [0.717, 1.165) is 32.1 Å². The Morgan fingerprint density at radius 3 is 2.04 bits per heavy atom. The monoisotopic (exact) mass is 369 g/mol. The lowest BCUT2D eigenvalue weighted by Gasteiger charge is -2.48. The minimum Gasteiger partial charge on any atom is -0.444 e. The van der Waals surface area contributed by atoms with E-state index < -0.39 is 11.9 Å². The Bertz CT molecular complexity index is 467. The van der Waals surface area contributed by atoms with Gasteiger partial charge in [0.05, 0.1) is 6.42 Å². The molecule has 2 saturated heterocycles. The van der Waals surface area contributed by atoms with E-state index >= 15 is 0 Å². The summed E-state index contributed by atoms with van der Waals surface area (Å²) in [6, 6.07) is 0.202. The zero-order chi connectivity index (χ0) is 19.3. The molecule has 0 radical (unpaired) electrons. The van der Waals surface area contributed by atoms with E-state index in [4.69, 9.17) is 14.2 Å². The van der Waals surface area contributed by atoms with Crippen molar-refractivity contribution in [2.45, 2.75) is 97.1 Å². The van der Waals surface area contributed by atoms with Gasteiger partial charge < -0.3 is 19.1 Å². The maximum Gasteiger partial charge on any atom is 0.410 e. The normalized spacial score (nSPS) is 26.1. The Morgan fingerprint density at radius 1 is 1.04 bits per heavy atom. The molecule has 0 aromatic heterocycles. The van der Waals surface area contributed by atoms with Gasteiger partial charge in [-0.2, -0.15) is 0 Å². The molecule has 2 atom stereocenters. The third kappa shape index (κ3) is 5.68. The predicted molar refractivity (Wildman–Crippen MR) is 98.9 cm³/mol. The fourth-order valence-corrected chi connectivity index (χ4v) is 4.13. The molecule has 2 heterocycles. The number of rotatable bonds is 7. The molecule has 2 fully saturated rings. The third-order valence-corrected chi connectivity index (χ3v) is 5.11. The quantitative estimate of drug-likeness (QED) is 0.637. The maximum atomic E-state index is 12.8. The van der Waals surface area contributed by atoms with Crippen LogP contribution in [0.2, 0.25) is 0 Å². The number of carbonyl (C=O) groups is 2. The van der Waals surface area contributed by atoms with Crippen molar-refractivity contribution in [2.75, 3.05) is 13.2 Å². The minimum absolute atomic E-state index is 0.0209. The third-order valence-electron chi connectivity index (χ3n) is 5.11. The first-order valence-corrected chi connectivity index (χ1v) is 10.0. The summed E-state index contributed by atoms with van der Waals surface area (Å²) in [5.41, 5.74) is -0.500. The molecular weight excluding hydrogens is 334 g/mol. The standard InChI is InChI=1S/C20H35NO5/c1-6-24-18(25-7-2)13-17(22)14-11-15-9-8-10-16(12-14)21(15)19(23)26-20(3,4)5/h14-16,18H,6-13H2,1-5H3.